The molecule has 1 fully saturated rings. The SMILES string of the molecule is Cc1nc2cc(NC(=O)CC3CCCN3)ccc2o1.Cl.Cl. The van der Waals surface area contributed by atoms with E-state index in [9.17, 15) is 4.79 Å². The summed E-state index contributed by atoms with van der Waals surface area (Å²) in [5, 5.41) is 6.23. The van der Waals surface area contributed by atoms with Gasteiger partial charge in [-0.15, -0.1) is 24.8 Å². The summed E-state index contributed by atoms with van der Waals surface area (Å²) < 4.78 is 5.40. The van der Waals surface area contributed by atoms with Gasteiger partial charge in [0.1, 0.15) is 5.52 Å². The van der Waals surface area contributed by atoms with Crippen molar-refractivity contribution in [2.45, 2.75) is 32.2 Å². The van der Waals surface area contributed by atoms with Crippen molar-refractivity contribution in [1.29, 1.82) is 0 Å². The molecular formula is C14H19Cl2N3O2. The van der Waals surface area contributed by atoms with Crippen LogP contribution in [-0.2, 0) is 4.79 Å². The van der Waals surface area contributed by atoms with Gasteiger partial charge in [0.25, 0.3) is 0 Å². The quantitative estimate of drug-likeness (QED) is 0.906. The number of hydrogen-bond donors (Lipinski definition) is 2. The van der Waals surface area contributed by atoms with Gasteiger partial charge in [0.15, 0.2) is 11.5 Å². The van der Waals surface area contributed by atoms with E-state index in [1.807, 2.05) is 25.1 Å². The standard InChI is InChI=1S/C14H17N3O2.2ClH/c1-9-16-12-7-11(4-5-13(12)19-9)17-14(18)8-10-3-2-6-15-10;;/h4-5,7,10,15H,2-3,6,8H2,1H3,(H,17,18);2*1H. The van der Waals surface area contributed by atoms with E-state index in [2.05, 4.69) is 15.6 Å². The Morgan fingerprint density at radius 1 is 1.48 bits per heavy atom. The average Bonchev–Trinajstić information content (AvgIpc) is 2.96. The topological polar surface area (TPSA) is 67.2 Å². The molecule has 7 heteroatoms. The number of oxazole rings is 1. The number of nitrogens with zero attached hydrogens (tertiary/aromatic N) is 1. The van der Waals surface area contributed by atoms with Crippen LogP contribution in [0.2, 0.25) is 0 Å². The first-order chi connectivity index (χ1) is 9.20. The van der Waals surface area contributed by atoms with Gasteiger partial charge in [-0.1, -0.05) is 0 Å². The number of hydrogen-bond acceptors (Lipinski definition) is 4. The lowest BCUT2D eigenvalue weighted by Crippen LogP contribution is -2.27. The Morgan fingerprint density at radius 2 is 2.29 bits per heavy atom. The van der Waals surface area contributed by atoms with E-state index >= 15 is 0 Å². The molecule has 1 saturated heterocycles. The van der Waals surface area contributed by atoms with Crippen LogP contribution in [0.1, 0.15) is 25.2 Å². The van der Waals surface area contributed by atoms with Crippen molar-refractivity contribution in [3.63, 3.8) is 0 Å². The highest BCUT2D eigenvalue weighted by atomic mass is 35.5. The molecule has 2 N–H and O–H groups in total. The fraction of sp³-hybridized carbons (Fsp3) is 0.429. The lowest BCUT2D eigenvalue weighted by atomic mass is 10.1. The van der Waals surface area contributed by atoms with E-state index in [0.717, 1.165) is 36.2 Å². The minimum atomic E-state index is 0. The third kappa shape index (κ3) is 4.33. The summed E-state index contributed by atoms with van der Waals surface area (Å²) in [6.45, 7) is 2.83. The summed E-state index contributed by atoms with van der Waals surface area (Å²) in [6, 6.07) is 5.83. The molecule has 1 aliphatic heterocycles. The zero-order chi connectivity index (χ0) is 13.2. The van der Waals surface area contributed by atoms with Crippen LogP contribution in [0, 0.1) is 6.92 Å². The van der Waals surface area contributed by atoms with Crippen molar-refractivity contribution in [3.05, 3.63) is 24.1 Å². The Hall–Kier alpha value is -1.30. The van der Waals surface area contributed by atoms with Crippen molar-refractivity contribution >= 4 is 47.5 Å². The Kier molecular flexibility index (Phi) is 6.45. The first kappa shape index (κ1) is 17.8. The second kappa shape index (κ2) is 7.64. The molecule has 0 saturated carbocycles. The molecule has 2 heterocycles. The van der Waals surface area contributed by atoms with Crippen LogP contribution in [-0.4, -0.2) is 23.5 Å². The van der Waals surface area contributed by atoms with E-state index < -0.39 is 0 Å². The number of anilines is 1. The second-order valence-electron chi connectivity index (χ2n) is 4.96. The predicted octanol–water partition coefficient (Wildman–Crippen LogP) is 3.06. The molecule has 0 radical (unpaired) electrons. The number of halogens is 2. The van der Waals surface area contributed by atoms with Crippen LogP contribution >= 0.6 is 24.8 Å². The molecule has 1 aromatic carbocycles. The molecule has 3 rings (SSSR count). The van der Waals surface area contributed by atoms with Gasteiger partial charge < -0.3 is 15.1 Å². The highest BCUT2D eigenvalue weighted by Crippen LogP contribution is 2.20. The summed E-state index contributed by atoms with van der Waals surface area (Å²) in [7, 11) is 0. The predicted molar refractivity (Wildman–Crippen MR) is 87.5 cm³/mol. The zero-order valence-corrected chi connectivity index (χ0v) is 13.4. The molecule has 2 aromatic rings. The molecule has 1 aromatic heterocycles. The Morgan fingerprint density at radius 3 is 3.00 bits per heavy atom. The molecule has 0 bridgehead atoms. The summed E-state index contributed by atoms with van der Waals surface area (Å²) in [6.07, 6.45) is 2.76. The van der Waals surface area contributed by atoms with Crippen LogP contribution in [0.5, 0.6) is 0 Å². The third-order valence-corrected chi connectivity index (χ3v) is 3.37. The summed E-state index contributed by atoms with van der Waals surface area (Å²) in [5.74, 6) is 0.674. The van der Waals surface area contributed by atoms with E-state index in [1.54, 1.807) is 0 Å². The molecule has 5 nitrogen and oxygen atoms in total. The van der Waals surface area contributed by atoms with Crippen LogP contribution in [0.25, 0.3) is 11.1 Å². The summed E-state index contributed by atoms with van der Waals surface area (Å²) in [4.78, 5) is 16.2. The first-order valence-corrected chi connectivity index (χ1v) is 6.61. The zero-order valence-electron chi connectivity index (χ0n) is 11.7. The molecular weight excluding hydrogens is 313 g/mol. The monoisotopic (exact) mass is 331 g/mol. The Bertz CT molecular complexity index is 609. The van der Waals surface area contributed by atoms with Gasteiger partial charge in [0, 0.05) is 25.1 Å². The normalized spacial score (nSPS) is 17.1. The average molecular weight is 332 g/mol. The fourth-order valence-electron chi connectivity index (χ4n) is 2.49. The fourth-order valence-corrected chi connectivity index (χ4v) is 2.49. The number of carbonyl (C=O) groups excluding carboxylic acids is 1. The van der Waals surface area contributed by atoms with Crippen molar-refractivity contribution in [1.82, 2.24) is 10.3 Å². The molecule has 116 valence electrons. The van der Waals surface area contributed by atoms with Gasteiger partial charge in [-0.3, -0.25) is 4.79 Å². The molecule has 0 spiro atoms. The molecule has 1 unspecified atom stereocenters. The minimum Gasteiger partial charge on any atom is -0.441 e. The van der Waals surface area contributed by atoms with E-state index in [0.29, 0.717) is 18.4 Å². The van der Waals surface area contributed by atoms with Crippen molar-refractivity contribution in [3.8, 4) is 0 Å². The number of rotatable bonds is 3. The number of nitrogens with one attached hydrogen (secondary N) is 2. The van der Waals surface area contributed by atoms with Gasteiger partial charge in [-0.2, -0.15) is 0 Å². The molecule has 21 heavy (non-hydrogen) atoms. The maximum atomic E-state index is 11.9. The number of aryl methyl sites for hydroxylation is 1. The Balaban J connectivity index is 0.00000110. The number of benzene rings is 1. The third-order valence-electron chi connectivity index (χ3n) is 3.37. The number of carbonyl (C=O) groups is 1. The minimum absolute atomic E-state index is 0. The summed E-state index contributed by atoms with van der Waals surface area (Å²) in [5.41, 5.74) is 2.28. The maximum Gasteiger partial charge on any atom is 0.225 e. The Labute approximate surface area is 135 Å². The van der Waals surface area contributed by atoms with Crippen LogP contribution in [0.3, 0.4) is 0 Å². The maximum absolute atomic E-state index is 11.9. The van der Waals surface area contributed by atoms with Crippen LogP contribution in [0.4, 0.5) is 5.69 Å². The van der Waals surface area contributed by atoms with Crippen molar-refractivity contribution in [2.24, 2.45) is 0 Å². The van der Waals surface area contributed by atoms with Gasteiger partial charge in [-0.05, 0) is 37.6 Å². The van der Waals surface area contributed by atoms with Crippen molar-refractivity contribution in [2.75, 3.05) is 11.9 Å². The molecule has 0 aliphatic carbocycles. The molecule has 1 amide bonds. The highest BCUT2D eigenvalue weighted by Gasteiger charge is 2.17. The van der Waals surface area contributed by atoms with Crippen molar-refractivity contribution < 1.29 is 9.21 Å². The smallest absolute Gasteiger partial charge is 0.225 e. The molecule has 1 aliphatic rings. The number of fused-ring (bicyclic) bond motifs is 1. The van der Waals surface area contributed by atoms with E-state index in [4.69, 9.17) is 4.42 Å². The highest BCUT2D eigenvalue weighted by molar-refractivity contribution is 5.93. The summed E-state index contributed by atoms with van der Waals surface area (Å²) >= 11 is 0. The number of amides is 1. The largest absolute Gasteiger partial charge is 0.441 e. The van der Waals surface area contributed by atoms with Gasteiger partial charge in [0.2, 0.25) is 5.91 Å². The lowest BCUT2D eigenvalue weighted by Gasteiger charge is -2.10. The van der Waals surface area contributed by atoms with Gasteiger partial charge in [-0.25, -0.2) is 4.98 Å². The first-order valence-electron chi connectivity index (χ1n) is 6.61. The van der Waals surface area contributed by atoms with Gasteiger partial charge >= 0.3 is 0 Å². The number of aromatic nitrogens is 1. The lowest BCUT2D eigenvalue weighted by molar-refractivity contribution is -0.116. The van der Waals surface area contributed by atoms with E-state index in [-0.39, 0.29) is 30.7 Å². The van der Waals surface area contributed by atoms with Gasteiger partial charge in [0.05, 0.1) is 0 Å². The van der Waals surface area contributed by atoms with E-state index in [1.165, 1.54) is 0 Å². The second-order valence-corrected chi connectivity index (χ2v) is 4.96. The van der Waals surface area contributed by atoms with Crippen LogP contribution in [0.15, 0.2) is 22.6 Å². The van der Waals surface area contributed by atoms with Crippen LogP contribution < -0.4 is 10.6 Å². The molecule has 1 atom stereocenters.